The molecular weight excluding hydrogens is 638 g/mol. The number of halogens is 4. The van der Waals surface area contributed by atoms with Crippen molar-refractivity contribution in [3.05, 3.63) is 131 Å². The van der Waals surface area contributed by atoms with Gasteiger partial charge in [-0.3, -0.25) is 14.5 Å². The molecule has 7 nitrogen and oxygen atoms in total. The van der Waals surface area contributed by atoms with Crippen LogP contribution in [0, 0.1) is 0 Å². The van der Waals surface area contributed by atoms with Gasteiger partial charge >= 0.3 is 13.2 Å². The molecule has 0 atom stereocenters. The molecule has 11 heteroatoms. The van der Waals surface area contributed by atoms with Crippen LogP contribution >= 0.6 is 0 Å². The van der Waals surface area contributed by atoms with Crippen LogP contribution in [0.2, 0.25) is 0 Å². The van der Waals surface area contributed by atoms with Crippen LogP contribution in [0.15, 0.2) is 109 Å². The number of hydrogen-bond donors (Lipinski definition) is 1. The third-order valence-corrected chi connectivity index (χ3v) is 7.85. The zero-order valence-corrected chi connectivity index (χ0v) is 26.5. The third-order valence-electron chi connectivity index (χ3n) is 7.85. The van der Waals surface area contributed by atoms with E-state index in [0.717, 1.165) is 5.56 Å². The summed E-state index contributed by atoms with van der Waals surface area (Å²) in [6, 6.07) is 30.6. The Hall–Kier alpha value is -5.42. The number of hydrogen-bond acceptors (Lipinski definition) is 5. The zero-order chi connectivity index (χ0) is 34.6. The average Bonchev–Trinajstić information content (AvgIpc) is 3.11. The van der Waals surface area contributed by atoms with E-state index in [2.05, 4.69) is 19.7 Å². The van der Waals surface area contributed by atoms with Crippen molar-refractivity contribution in [2.24, 2.45) is 0 Å². The standard InChI is InChI=1S/C38H35F4N3O4/c39-37(40)48-31-15-11-27(12-16-31)25-33(29-7-3-1-4-8-29)35(46)43-19-20-44-21-23-45(24-22-44)36(47)34(30-9-5-2-6-10-30)26-28-13-17-32(18-14-28)49-38(41)42/h1-18,25-26,37-38H,19-24H2,(H,43,46)/b33-25+,34-26+. The number of nitrogens with one attached hydrogen (secondary N) is 1. The maximum Gasteiger partial charge on any atom is 0.387 e. The Labute approximate surface area is 282 Å². The van der Waals surface area contributed by atoms with E-state index in [0.29, 0.717) is 67.1 Å². The van der Waals surface area contributed by atoms with Crippen molar-refractivity contribution in [1.29, 1.82) is 0 Å². The number of carbonyl (C=O) groups is 2. The van der Waals surface area contributed by atoms with Gasteiger partial charge in [0, 0.05) is 50.4 Å². The molecule has 254 valence electrons. The van der Waals surface area contributed by atoms with Crippen LogP contribution in [-0.2, 0) is 9.59 Å². The molecule has 49 heavy (non-hydrogen) atoms. The molecule has 4 aromatic rings. The molecule has 5 rings (SSSR count). The monoisotopic (exact) mass is 673 g/mol. The van der Waals surface area contributed by atoms with Gasteiger partial charge in [0.25, 0.3) is 11.8 Å². The maximum atomic E-state index is 13.8. The Morgan fingerprint density at radius 2 is 1.08 bits per heavy atom. The van der Waals surface area contributed by atoms with Gasteiger partial charge < -0.3 is 19.7 Å². The van der Waals surface area contributed by atoms with E-state index in [1.807, 2.05) is 60.7 Å². The minimum Gasteiger partial charge on any atom is -0.435 e. The minimum absolute atomic E-state index is 0.0295. The van der Waals surface area contributed by atoms with E-state index in [1.54, 1.807) is 41.3 Å². The van der Waals surface area contributed by atoms with Crippen LogP contribution in [0.25, 0.3) is 23.3 Å². The van der Waals surface area contributed by atoms with Crippen molar-refractivity contribution in [2.45, 2.75) is 13.2 Å². The molecule has 1 N–H and O–H groups in total. The van der Waals surface area contributed by atoms with E-state index in [-0.39, 0.29) is 23.3 Å². The van der Waals surface area contributed by atoms with E-state index >= 15 is 0 Å². The molecule has 0 saturated carbocycles. The van der Waals surface area contributed by atoms with Crippen LogP contribution in [0.4, 0.5) is 17.6 Å². The zero-order valence-electron chi connectivity index (χ0n) is 26.5. The van der Waals surface area contributed by atoms with E-state index < -0.39 is 13.2 Å². The molecule has 2 amide bonds. The first kappa shape index (κ1) is 34.9. The van der Waals surface area contributed by atoms with Gasteiger partial charge in [-0.2, -0.15) is 17.6 Å². The fourth-order valence-electron chi connectivity index (χ4n) is 5.38. The van der Waals surface area contributed by atoms with Gasteiger partial charge in [0.2, 0.25) is 0 Å². The topological polar surface area (TPSA) is 71.1 Å². The van der Waals surface area contributed by atoms with Crippen molar-refractivity contribution in [2.75, 3.05) is 39.3 Å². The number of alkyl halides is 4. The smallest absolute Gasteiger partial charge is 0.387 e. The van der Waals surface area contributed by atoms with Crippen molar-refractivity contribution in [3.63, 3.8) is 0 Å². The number of rotatable bonds is 13. The molecule has 0 spiro atoms. The second kappa shape index (κ2) is 17.1. The molecule has 0 aliphatic carbocycles. The fourth-order valence-corrected chi connectivity index (χ4v) is 5.38. The average molecular weight is 674 g/mol. The minimum atomic E-state index is -2.92. The Kier molecular flexibility index (Phi) is 12.2. The molecule has 0 aromatic heterocycles. The SMILES string of the molecule is O=C(NCCN1CCN(C(=O)/C(=C/c2ccc(OC(F)F)cc2)c2ccccc2)CC1)/C(=C/c1ccc(OC(F)F)cc1)c1ccccc1. The number of carbonyl (C=O) groups excluding carboxylic acids is 2. The highest BCUT2D eigenvalue weighted by Gasteiger charge is 2.25. The first-order valence-electron chi connectivity index (χ1n) is 15.7. The summed E-state index contributed by atoms with van der Waals surface area (Å²) in [6.45, 7) is -2.71. The summed E-state index contributed by atoms with van der Waals surface area (Å²) in [4.78, 5) is 31.1. The molecule has 4 aromatic carbocycles. The highest BCUT2D eigenvalue weighted by atomic mass is 19.3. The lowest BCUT2D eigenvalue weighted by molar-refractivity contribution is -0.126. The van der Waals surface area contributed by atoms with Crippen LogP contribution < -0.4 is 14.8 Å². The van der Waals surface area contributed by atoms with E-state index in [1.165, 1.54) is 24.3 Å². The van der Waals surface area contributed by atoms with Gasteiger partial charge in [-0.15, -0.1) is 0 Å². The molecule has 1 fully saturated rings. The van der Waals surface area contributed by atoms with E-state index in [4.69, 9.17) is 0 Å². The lowest BCUT2D eigenvalue weighted by Crippen LogP contribution is -2.50. The summed E-state index contributed by atoms with van der Waals surface area (Å²) < 4.78 is 59.1. The summed E-state index contributed by atoms with van der Waals surface area (Å²) in [5.41, 5.74) is 3.68. The molecule has 0 radical (unpaired) electrons. The van der Waals surface area contributed by atoms with Gasteiger partial charge in [0.1, 0.15) is 11.5 Å². The summed E-state index contributed by atoms with van der Waals surface area (Å²) in [6.07, 6.45) is 3.44. The van der Waals surface area contributed by atoms with Crippen LogP contribution in [0.3, 0.4) is 0 Å². The molecule has 0 unspecified atom stereocenters. The molecular formula is C38H35F4N3O4. The van der Waals surface area contributed by atoms with E-state index in [9.17, 15) is 27.2 Å². The highest BCUT2D eigenvalue weighted by Crippen LogP contribution is 2.24. The van der Waals surface area contributed by atoms with Crippen molar-refractivity contribution < 1.29 is 36.6 Å². The predicted octanol–water partition coefficient (Wildman–Crippen LogP) is 6.93. The number of piperazine rings is 1. The summed E-state index contributed by atoms with van der Waals surface area (Å²) >= 11 is 0. The fraction of sp³-hybridized carbons (Fsp3) is 0.211. The first-order chi connectivity index (χ1) is 23.7. The quantitative estimate of drug-likeness (QED) is 0.0948. The van der Waals surface area contributed by atoms with Crippen LogP contribution in [0.5, 0.6) is 11.5 Å². The second-order valence-corrected chi connectivity index (χ2v) is 11.1. The third kappa shape index (κ3) is 10.3. The van der Waals surface area contributed by atoms with Gasteiger partial charge in [0.05, 0.1) is 0 Å². The maximum absolute atomic E-state index is 13.8. The largest absolute Gasteiger partial charge is 0.435 e. The Morgan fingerprint density at radius 1 is 0.633 bits per heavy atom. The van der Waals surface area contributed by atoms with Crippen molar-refractivity contribution >= 4 is 35.1 Å². The number of benzene rings is 4. The second-order valence-electron chi connectivity index (χ2n) is 11.1. The highest BCUT2D eigenvalue weighted by molar-refractivity contribution is 6.24. The summed E-state index contributed by atoms with van der Waals surface area (Å²) in [5.74, 6) is -0.353. The Bertz CT molecular complexity index is 1720. The first-order valence-corrected chi connectivity index (χ1v) is 15.7. The summed E-state index contributed by atoms with van der Waals surface area (Å²) in [5, 5.41) is 2.99. The van der Waals surface area contributed by atoms with Gasteiger partial charge in [-0.25, -0.2) is 0 Å². The Balaban J connectivity index is 1.18. The molecule has 1 saturated heterocycles. The molecule has 1 heterocycles. The normalized spacial score (nSPS) is 14.2. The van der Waals surface area contributed by atoms with Crippen LogP contribution in [-0.4, -0.2) is 74.1 Å². The van der Waals surface area contributed by atoms with Crippen molar-refractivity contribution in [3.8, 4) is 11.5 Å². The Morgan fingerprint density at radius 3 is 1.55 bits per heavy atom. The molecule has 1 aliphatic rings. The lowest BCUT2D eigenvalue weighted by Gasteiger charge is -2.35. The molecule has 0 bridgehead atoms. The van der Waals surface area contributed by atoms with Gasteiger partial charge in [-0.1, -0.05) is 84.9 Å². The predicted molar refractivity (Wildman–Crippen MR) is 181 cm³/mol. The van der Waals surface area contributed by atoms with Crippen molar-refractivity contribution in [1.82, 2.24) is 15.1 Å². The van der Waals surface area contributed by atoms with Gasteiger partial charge in [-0.05, 0) is 58.7 Å². The number of ether oxygens (including phenoxy) is 2. The summed E-state index contributed by atoms with van der Waals surface area (Å²) in [7, 11) is 0. The van der Waals surface area contributed by atoms with Gasteiger partial charge in [0.15, 0.2) is 0 Å². The lowest BCUT2D eigenvalue weighted by atomic mass is 10.0. The van der Waals surface area contributed by atoms with Crippen LogP contribution in [0.1, 0.15) is 22.3 Å². The molecule has 1 aliphatic heterocycles. The number of amides is 2. The number of nitrogens with zero attached hydrogens (tertiary/aromatic N) is 2.